The van der Waals surface area contributed by atoms with Crippen molar-refractivity contribution >= 4 is 11.6 Å². The lowest BCUT2D eigenvalue weighted by atomic mass is 10.2. The minimum absolute atomic E-state index is 0.00443. The van der Waals surface area contributed by atoms with Crippen LogP contribution in [0.5, 0.6) is 0 Å². The molecule has 0 fully saturated rings. The Morgan fingerprint density at radius 2 is 1.91 bits per heavy atom. The Hall–Kier alpha value is -3.39. The van der Waals surface area contributed by atoms with Crippen LogP contribution in [0.4, 0.5) is 0 Å². The molecule has 0 saturated carbocycles. The molecule has 1 aromatic carbocycles. The lowest BCUT2D eigenvalue weighted by Crippen LogP contribution is -2.31. The maximum absolute atomic E-state index is 12.3. The molecular weight excluding hydrogens is 290 g/mol. The van der Waals surface area contributed by atoms with Gasteiger partial charge in [0.15, 0.2) is 0 Å². The number of amides is 1. The minimum atomic E-state index is -0.483. The lowest BCUT2D eigenvalue weighted by Gasteiger charge is -2.03. The van der Waals surface area contributed by atoms with Gasteiger partial charge in [-0.15, -0.1) is 0 Å². The third-order valence-electron chi connectivity index (χ3n) is 3.20. The average Bonchev–Trinajstić information content (AvgIpc) is 2.60. The van der Waals surface area contributed by atoms with E-state index in [0.29, 0.717) is 5.65 Å². The molecule has 23 heavy (non-hydrogen) atoms. The number of carbonyl (C=O) groups excluding carboxylic acids is 1. The first-order valence-corrected chi connectivity index (χ1v) is 7.04. The van der Waals surface area contributed by atoms with Gasteiger partial charge in [0.1, 0.15) is 11.2 Å². The highest BCUT2D eigenvalue weighted by molar-refractivity contribution is 5.93. The number of aromatic nitrogens is 2. The van der Waals surface area contributed by atoms with Crippen molar-refractivity contribution in [1.82, 2.24) is 14.7 Å². The average molecular weight is 303 g/mol. The Kier molecular flexibility index (Phi) is 4.16. The Labute approximate surface area is 132 Å². The van der Waals surface area contributed by atoms with Gasteiger partial charge < -0.3 is 5.32 Å². The molecular formula is C18H13N3O2. The highest BCUT2D eigenvalue weighted by Crippen LogP contribution is 1.97. The summed E-state index contributed by atoms with van der Waals surface area (Å²) in [6.07, 6.45) is 2.87. The molecule has 5 nitrogen and oxygen atoms in total. The van der Waals surface area contributed by atoms with E-state index in [0.717, 1.165) is 5.56 Å². The summed E-state index contributed by atoms with van der Waals surface area (Å²) in [5, 5.41) is 2.61. The van der Waals surface area contributed by atoms with Crippen LogP contribution < -0.4 is 10.9 Å². The molecule has 0 unspecified atom stereocenters. The molecule has 2 heterocycles. The first-order chi connectivity index (χ1) is 11.3. The summed E-state index contributed by atoms with van der Waals surface area (Å²) in [5.41, 5.74) is 0.964. The summed E-state index contributed by atoms with van der Waals surface area (Å²) in [5.74, 6) is 5.30. The van der Waals surface area contributed by atoms with Gasteiger partial charge >= 0.3 is 0 Å². The molecule has 0 aliphatic rings. The lowest BCUT2D eigenvalue weighted by molar-refractivity contribution is 0.0956. The predicted molar refractivity (Wildman–Crippen MR) is 87.1 cm³/mol. The monoisotopic (exact) mass is 303 g/mol. The molecule has 2 aromatic heterocycles. The van der Waals surface area contributed by atoms with Crippen molar-refractivity contribution in [2.45, 2.75) is 0 Å². The fourth-order valence-corrected chi connectivity index (χ4v) is 2.07. The van der Waals surface area contributed by atoms with E-state index in [1.165, 1.54) is 10.6 Å². The van der Waals surface area contributed by atoms with E-state index in [1.807, 2.05) is 30.3 Å². The number of nitrogens with zero attached hydrogens (tertiary/aromatic N) is 2. The van der Waals surface area contributed by atoms with Crippen LogP contribution in [0, 0.1) is 11.8 Å². The second-order valence-electron chi connectivity index (χ2n) is 4.76. The van der Waals surface area contributed by atoms with E-state index in [9.17, 15) is 9.59 Å². The van der Waals surface area contributed by atoms with Crippen LogP contribution in [0.25, 0.3) is 5.65 Å². The van der Waals surface area contributed by atoms with Crippen LogP contribution in [-0.2, 0) is 0 Å². The number of pyridine rings is 1. The standard InChI is InChI=1S/C18H13N3O2/c22-17(19-11-6-9-14-7-2-1-3-8-14)15-13-20-16-10-4-5-12-21(16)18(15)23/h1-5,7-8,10,12-13H,11H2,(H,19,22). The van der Waals surface area contributed by atoms with Crippen molar-refractivity contribution in [3.05, 3.63) is 82.4 Å². The van der Waals surface area contributed by atoms with Crippen LogP contribution in [0.15, 0.2) is 65.7 Å². The number of carbonyl (C=O) groups is 1. The zero-order valence-electron chi connectivity index (χ0n) is 12.2. The van der Waals surface area contributed by atoms with Crippen molar-refractivity contribution in [2.24, 2.45) is 0 Å². The molecule has 1 N–H and O–H groups in total. The third kappa shape index (κ3) is 3.27. The van der Waals surface area contributed by atoms with E-state index in [4.69, 9.17) is 0 Å². The predicted octanol–water partition coefficient (Wildman–Crippen LogP) is 1.48. The van der Waals surface area contributed by atoms with Gasteiger partial charge in [-0.1, -0.05) is 36.1 Å². The van der Waals surface area contributed by atoms with Crippen molar-refractivity contribution in [2.75, 3.05) is 6.54 Å². The van der Waals surface area contributed by atoms with Crippen LogP contribution in [0.2, 0.25) is 0 Å². The van der Waals surface area contributed by atoms with Gasteiger partial charge in [0.05, 0.1) is 6.54 Å². The summed E-state index contributed by atoms with van der Waals surface area (Å²) in [6.45, 7) is 0.157. The zero-order chi connectivity index (χ0) is 16.1. The Morgan fingerprint density at radius 3 is 2.74 bits per heavy atom. The molecule has 0 aliphatic carbocycles. The summed E-state index contributed by atoms with van der Waals surface area (Å²) in [4.78, 5) is 28.4. The highest BCUT2D eigenvalue weighted by atomic mass is 16.2. The Balaban J connectivity index is 1.73. The van der Waals surface area contributed by atoms with Crippen LogP contribution in [-0.4, -0.2) is 21.8 Å². The van der Waals surface area contributed by atoms with E-state index >= 15 is 0 Å². The molecule has 0 spiro atoms. The van der Waals surface area contributed by atoms with Gasteiger partial charge in [-0.2, -0.15) is 0 Å². The molecule has 3 aromatic rings. The van der Waals surface area contributed by atoms with E-state index in [1.54, 1.807) is 24.4 Å². The van der Waals surface area contributed by atoms with Crippen LogP contribution >= 0.6 is 0 Å². The molecule has 3 rings (SSSR count). The molecule has 112 valence electrons. The van der Waals surface area contributed by atoms with Crippen LogP contribution in [0.1, 0.15) is 15.9 Å². The first-order valence-electron chi connectivity index (χ1n) is 7.04. The summed E-state index contributed by atoms with van der Waals surface area (Å²) >= 11 is 0. The fraction of sp³-hybridized carbons (Fsp3) is 0.0556. The first kappa shape index (κ1) is 14.5. The quantitative estimate of drug-likeness (QED) is 0.729. The summed E-state index contributed by atoms with van der Waals surface area (Å²) < 4.78 is 1.34. The molecule has 0 bridgehead atoms. The van der Waals surface area contributed by atoms with E-state index < -0.39 is 11.5 Å². The van der Waals surface area contributed by atoms with E-state index in [-0.39, 0.29) is 12.1 Å². The molecule has 5 heteroatoms. The summed E-state index contributed by atoms with van der Waals surface area (Å²) in [7, 11) is 0. The van der Waals surface area contributed by atoms with Crippen molar-refractivity contribution in [1.29, 1.82) is 0 Å². The molecule has 0 aliphatic heterocycles. The van der Waals surface area contributed by atoms with Crippen molar-refractivity contribution < 1.29 is 4.79 Å². The SMILES string of the molecule is O=C(NCC#Cc1ccccc1)c1cnc2ccccn2c1=O. The second-order valence-corrected chi connectivity index (χ2v) is 4.76. The zero-order valence-corrected chi connectivity index (χ0v) is 12.2. The molecule has 0 radical (unpaired) electrons. The largest absolute Gasteiger partial charge is 0.341 e. The topological polar surface area (TPSA) is 63.5 Å². The fourth-order valence-electron chi connectivity index (χ4n) is 2.07. The number of hydrogen-bond acceptors (Lipinski definition) is 3. The van der Waals surface area contributed by atoms with Crippen molar-refractivity contribution in [3.8, 4) is 11.8 Å². The molecule has 0 saturated heterocycles. The molecule has 1 amide bonds. The number of benzene rings is 1. The second kappa shape index (κ2) is 6.58. The number of fused-ring (bicyclic) bond motifs is 1. The van der Waals surface area contributed by atoms with Crippen molar-refractivity contribution in [3.63, 3.8) is 0 Å². The summed E-state index contributed by atoms with van der Waals surface area (Å²) in [6, 6.07) is 14.7. The van der Waals surface area contributed by atoms with Crippen LogP contribution in [0.3, 0.4) is 0 Å². The van der Waals surface area contributed by atoms with Gasteiger partial charge in [-0.05, 0) is 24.3 Å². The maximum Gasteiger partial charge on any atom is 0.270 e. The number of nitrogens with one attached hydrogen (secondary N) is 1. The Bertz CT molecular complexity index is 966. The highest BCUT2D eigenvalue weighted by Gasteiger charge is 2.11. The van der Waals surface area contributed by atoms with Gasteiger partial charge in [0.25, 0.3) is 11.5 Å². The van der Waals surface area contributed by atoms with Gasteiger partial charge in [0, 0.05) is 18.0 Å². The normalized spacial score (nSPS) is 9.91. The maximum atomic E-state index is 12.3. The van der Waals surface area contributed by atoms with Gasteiger partial charge in [-0.3, -0.25) is 14.0 Å². The molecule has 0 atom stereocenters. The number of hydrogen-bond donors (Lipinski definition) is 1. The van der Waals surface area contributed by atoms with Gasteiger partial charge in [-0.25, -0.2) is 4.98 Å². The minimum Gasteiger partial charge on any atom is -0.341 e. The van der Waals surface area contributed by atoms with Gasteiger partial charge in [0.2, 0.25) is 0 Å². The number of rotatable bonds is 2. The smallest absolute Gasteiger partial charge is 0.270 e. The Morgan fingerprint density at radius 1 is 1.13 bits per heavy atom. The third-order valence-corrected chi connectivity index (χ3v) is 3.20. The van der Waals surface area contributed by atoms with E-state index in [2.05, 4.69) is 22.1 Å².